The number of rotatable bonds is 5. The number of aryl methyl sites for hydroxylation is 1. The highest BCUT2D eigenvalue weighted by molar-refractivity contribution is 7.15. The summed E-state index contributed by atoms with van der Waals surface area (Å²) in [5.41, 5.74) is -0.241. The van der Waals surface area contributed by atoms with Gasteiger partial charge in [0.05, 0.1) is 9.88 Å². The largest absolute Gasteiger partial charge is 0.444 e. The average molecular weight is 432 g/mol. The molecule has 162 valence electrons. The van der Waals surface area contributed by atoms with E-state index in [-0.39, 0.29) is 5.54 Å². The van der Waals surface area contributed by atoms with Gasteiger partial charge in [-0.3, -0.25) is 4.90 Å². The number of piperidine rings is 2. The van der Waals surface area contributed by atoms with Crippen LogP contribution in [0, 0.1) is 12.8 Å². The van der Waals surface area contributed by atoms with E-state index in [2.05, 4.69) is 25.2 Å². The highest BCUT2D eigenvalue weighted by Crippen LogP contribution is 2.51. The Bertz CT molecular complexity index is 905. The van der Waals surface area contributed by atoms with Crippen LogP contribution in [0.25, 0.3) is 10.7 Å². The molecule has 5 rings (SSSR count). The summed E-state index contributed by atoms with van der Waals surface area (Å²) in [6, 6.07) is 1.77. The smallest absolute Gasteiger partial charge is 0.407 e. The summed E-state index contributed by atoms with van der Waals surface area (Å²) < 4.78 is 5.39. The third kappa shape index (κ3) is 4.19. The van der Waals surface area contributed by atoms with E-state index < -0.39 is 17.9 Å². The summed E-state index contributed by atoms with van der Waals surface area (Å²) in [7, 11) is 0. The van der Waals surface area contributed by atoms with Crippen molar-refractivity contribution < 1.29 is 14.6 Å². The Hall–Kier alpha value is -2.10. The highest BCUT2D eigenvalue weighted by atomic mass is 32.1. The van der Waals surface area contributed by atoms with Gasteiger partial charge in [0.25, 0.3) is 0 Å². The second kappa shape index (κ2) is 7.86. The van der Waals surface area contributed by atoms with E-state index in [0.717, 1.165) is 35.7 Å². The molecule has 2 aromatic rings. The molecule has 4 heterocycles. The zero-order valence-corrected chi connectivity index (χ0v) is 18.7. The van der Waals surface area contributed by atoms with E-state index in [1.165, 1.54) is 11.3 Å². The van der Waals surface area contributed by atoms with Gasteiger partial charge in [0, 0.05) is 31.0 Å². The molecule has 2 bridgehead atoms. The molecule has 2 saturated heterocycles. The minimum absolute atomic E-state index is 0.286. The number of carbonyl (C=O) groups excluding carboxylic acids is 1. The predicted octanol–water partition coefficient (Wildman–Crippen LogP) is 3.28. The molecule has 0 spiro atoms. The number of alkyl carbamates (subject to hydrolysis) is 1. The van der Waals surface area contributed by atoms with E-state index in [0.29, 0.717) is 24.0 Å². The van der Waals surface area contributed by atoms with Crippen molar-refractivity contribution in [2.45, 2.75) is 64.3 Å². The first-order valence-corrected chi connectivity index (χ1v) is 11.1. The third-order valence-electron chi connectivity index (χ3n) is 5.75. The van der Waals surface area contributed by atoms with Crippen molar-refractivity contribution in [1.82, 2.24) is 25.2 Å². The number of fused-ring (bicyclic) bond motifs is 2. The van der Waals surface area contributed by atoms with Crippen molar-refractivity contribution in [3.05, 3.63) is 29.2 Å². The summed E-state index contributed by atoms with van der Waals surface area (Å²) >= 11 is 1.48. The van der Waals surface area contributed by atoms with E-state index in [9.17, 15) is 9.90 Å². The minimum Gasteiger partial charge on any atom is -0.444 e. The minimum atomic E-state index is -0.879. The zero-order chi connectivity index (χ0) is 21.5. The molecular formula is C21H29N5O3S. The summed E-state index contributed by atoms with van der Waals surface area (Å²) in [6.45, 7) is 8.65. The molecule has 0 radical (unpaired) electrons. The lowest BCUT2D eigenvalue weighted by molar-refractivity contribution is -0.158. The lowest BCUT2D eigenvalue weighted by Crippen LogP contribution is -2.67. The van der Waals surface area contributed by atoms with Crippen LogP contribution in [-0.2, 0) is 4.74 Å². The Morgan fingerprint density at radius 2 is 2.10 bits per heavy atom. The fourth-order valence-electron chi connectivity index (χ4n) is 4.53. The Morgan fingerprint density at radius 3 is 2.77 bits per heavy atom. The van der Waals surface area contributed by atoms with Crippen LogP contribution in [0.2, 0.25) is 0 Å². The number of hydrogen-bond donors (Lipinski definition) is 2. The van der Waals surface area contributed by atoms with Crippen LogP contribution in [0.15, 0.2) is 18.5 Å². The first-order valence-electron chi connectivity index (χ1n) is 10.3. The van der Waals surface area contributed by atoms with Gasteiger partial charge in [0.2, 0.25) is 0 Å². The van der Waals surface area contributed by atoms with Crippen molar-refractivity contribution in [2.24, 2.45) is 5.92 Å². The lowest BCUT2D eigenvalue weighted by Gasteiger charge is -2.60. The molecule has 1 amide bonds. The number of amides is 1. The molecule has 3 aliphatic rings. The summed E-state index contributed by atoms with van der Waals surface area (Å²) in [6.07, 6.45) is 5.00. The summed E-state index contributed by atoms with van der Waals surface area (Å²) in [5.74, 6) is 1.21. The van der Waals surface area contributed by atoms with Crippen molar-refractivity contribution >= 4 is 17.4 Å². The number of carbonyl (C=O) groups is 1. The number of aliphatic hydroxyl groups excluding tert-OH is 1. The van der Waals surface area contributed by atoms with Gasteiger partial charge in [0.1, 0.15) is 11.3 Å². The molecule has 1 saturated carbocycles. The van der Waals surface area contributed by atoms with Crippen LogP contribution >= 0.6 is 11.3 Å². The number of thiazole rings is 1. The maximum absolute atomic E-state index is 12.2. The number of nitrogens with one attached hydrogen (secondary N) is 1. The summed E-state index contributed by atoms with van der Waals surface area (Å²) in [5, 5.41) is 15.2. The van der Waals surface area contributed by atoms with E-state index >= 15 is 0 Å². The number of nitrogens with zero attached hydrogens (tertiary/aromatic N) is 4. The van der Waals surface area contributed by atoms with Gasteiger partial charge in [-0.15, -0.1) is 11.3 Å². The first-order chi connectivity index (χ1) is 14.2. The summed E-state index contributed by atoms with van der Waals surface area (Å²) in [4.78, 5) is 28.4. The highest BCUT2D eigenvalue weighted by Gasteiger charge is 2.54. The van der Waals surface area contributed by atoms with Crippen LogP contribution in [0.3, 0.4) is 0 Å². The average Bonchev–Trinajstić information content (AvgIpc) is 3.06. The molecule has 30 heavy (non-hydrogen) atoms. The van der Waals surface area contributed by atoms with Crippen molar-refractivity contribution in [3.63, 3.8) is 0 Å². The van der Waals surface area contributed by atoms with Crippen molar-refractivity contribution in [1.29, 1.82) is 0 Å². The molecule has 1 unspecified atom stereocenters. The quantitative estimate of drug-likeness (QED) is 0.749. The van der Waals surface area contributed by atoms with Gasteiger partial charge in [-0.25, -0.2) is 19.7 Å². The van der Waals surface area contributed by atoms with E-state index in [4.69, 9.17) is 4.74 Å². The Morgan fingerprint density at radius 1 is 1.40 bits per heavy atom. The van der Waals surface area contributed by atoms with Crippen LogP contribution in [0.5, 0.6) is 0 Å². The maximum Gasteiger partial charge on any atom is 0.407 e. The molecule has 9 heteroatoms. The molecule has 8 nitrogen and oxygen atoms in total. The van der Waals surface area contributed by atoms with Crippen molar-refractivity contribution in [3.8, 4) is 10.7 Å². The van der Waals surface area contributed by atoms with Crippen LogP contribution in [0.4, 0.5) is 4.79 Å². The molecule has 1 atom stereocenters. The Labute approximate surface area is 180 Å². The number of ether oxygens (including phenoxy) is 1. The van der Waals surface area contributed by atoms with Gasteiger partial charge in [-0.2, -0.15) is 0 Å². The van der Waals surface area contributed by atoms with Crippen LogP contribution in [0.1, 0.15) is 57.0 Å². The molecule has 3 fully saturated rings. The van der Waals surface area contributed by atoms with Crippen LogP contribution in [-0.4, -0.2) is 55.3 Å². The Balaban J connectivity index is 1.55. The topological polar surface area (TPSA) is 100 Å². The normalized spacial score (nSPS) is 24.8. The number of aromatic nitrogens is 3. The van der Waals surface area contributed by atoms with Gasteiger partial charge in [0.15, 0.2) is 12.1 Å². The number of hydrogen-bond acceptors (Lipinski definition) is 8. The fraction of sp³-hybridized carbons (Fsp3) is 0.619. The molecule has 1 aliphatic carbocycles. The SMILES string of the molecule is Cc1nc(C(O)N2CCC3CC2(CNC(=O)OC(C)(C)C)C3)c(-c2ncccn2)s1. The second-order valence-corrected chi connectivity index (χ2v) is 10.4. The van der Waals surface area contributed by atoms with E-state index in [1.807, 2.05) is 27.7 Å². The maximum atomic E-state index is 12.2. The molecule has 2 aromatic heterocycles. The molecular weight excluding hydrogens is 402 g/mol. The van der Waals surface area contributed by atoms with Gasteiger partial charge < -0.3 is 15.2 Å². The predicted molar refractivity (Wildman–Crippen MR) is 114 cm³/mol. The number of aliphatic hydroxyl groups is 1. The fourth-order valence-corrected chi connectivity index (χ4v) is 5.42. The van der Waals surface area contributed by atoms with Gasteiger partial charge in [-0.1, -0.05) is 0 Å². The third-order valence-corrected chi connectivity index (χ3v) is 6.74. The Kier molecular flexibility index (Phi) is 5.54. The lowest BCUT2D eigenvalue weighted by atomic mass is 9.62. The molecule has 0 aromatic carbocycles. The standard InChI is InChI=1S/C21H29N5O3S/c1-13-25-15(16(30-13)17-22-7-5-8-23-17)18(27)26-9-6-14-10-21(26,11-14)12-24-19(28)29-20(2,3)4/h5,7-8,14,18,27H,6,9-12H2,1-4H3,(H,24,28). The van der Waals surface area contributed by atoms with Gasteiger partial charge >= 0.3 is 6.09 Å². The van der Waals surface area contributed by atoms with Crippen LogP contribution < -0.4 is 5.32 Å². The first kappa shape index (κ1) is 21.1. The monoisotopic (exact) mass is 431 g/mol. The van der Waals surface area contributed by atoms with E-state index in [1.54, 1.807) is 18.5 Å². The molecule has 2 aliphatic heterocycles. The van der Waals surface area contributed by atoms with Crippen molar-refractivity contribution in [2.75, 3.05) is 13.1 Å². The zero-order valence-electron chi connectivity index (χ0n) is 17.9. The molecule has 2 N–H and O–H groups in total. The second-order valence-electron chi connectivity index (χ2n) is 9.23. The van der Waals surface area contributed by atoms with Gasteiger partial charge in [-0.05, 0) is 58.9 Å².